The van der Waals surface area contributed by atoms with Crippen LogP contribution in [-0.4, -0.2) is 73.7 Å². The summed E-state index contributed by atoms with van der Waals surface area (Å²) in [4.78, 5) is 22.7. The van der Waals surface area contributed by atoms with Gasteiger partial charge in [-0.3, -0.25) is 0 Å². The maximum Gasteiger partial charge on any atom is 0.317 e. The molecule has 7 nitrogen and oxygen atoms in total. The van der Waals surface area contributed by atoms with Crippen molar-refractivity contribution >= 4 is 11.8 Å². The van der Waals surface area contributed by atoms with E-state index in [1.807, 2.05) is 25.9 Å². The summed E-state index contributed by atoms with van der Waals surface area (Å²) in [5, 5.41) is 12.2. The van der Waals surface area contributed by atoms with Gasteiger partial charge in [-0.25, -0.2) is 9.78 Å². The number of amides is 2. The van der Waals surface area contributed by atoms with Crippen molar-refractivity contribution in [2.75, 3.05) is 51.7 Å². The largest absolute Gasteiger partial charge is 0.352 e. The molecule has 7 heteroatoms. The number of carbonyl (C=O) groups is 1. The van der Waals surface area contributed by atoms with Gasteiger partial charge in [0.25, 0.3) is 0 Å². The van der Waals surface area contributed by atoms with Crippen molar-refractivity contribution in [1.29, 1.82) is 5.26 Å². The average Bonchev–Trinajstić information content (AvgIpc) is 2.60. The van der Waals surface area contributed by atoms with E-state index in [1.165, 1.54) is 0 Å². The lowest BCUT2D eigenvalue weighted by atomic mass is 10.2. The van der Waals surface area contributed by atoms with E-state index in [0.717, 1.165) is 13.0 Å². The molecular formula is C17H26N6O. The minimum absolute atomic E-state index is 0.0116. The molecule has 1 N–H and O–H groups in total. The van der Waals surface area contributed by atoms with Crippen LogP contribution < -0.4 is 10.2 Å². The van der Waals surface area contributed by atoms with Gasteiger partial charge in [0.2, 0.25) is 0 Å². The lowest BCUT2D eigenvalue weighted by Crippen LogP contribution is -2.53. The predicted octanol–water partition coefficient (Wildman–Crippen LogP) is 1.13. The van der Waals surface area contributed by atoms with E-state index < -0.39 is 0 Å². The second-order valence-electron chi connectivity index (χ2n) is 6.40. The highest BCUT2D eigenvalue weighted by atomic mass is 16.2. The summed E-state index contributed by atoms with van der Waals surface area (Å²) in [6.45, 7) is 5.62. The van der Waals surface area contributed by atoms with Crippen LogP contribution in [0.25, 0.3) is 0 Å². The zero-order chi connectivity index (χ0) is 17.5. The molecule has 1 saturated heterocycles. The lowest BCUT2D eigenvalue weighted by Gasteiger charge is -2.36. The molecule has 2 heterocycles. The highest BCUT2D eigenvalue weighted by molar-refractivity contribution is 5.75. The van der Waals surface area contributed by atoms with Gasteiger partial charge in [0, 0.05) is 38.4 Å². The standard InChI is InChI=1S/C17H26N6O/c1-14(6-8-21(2)3)20-17(24)23-11-9-22(10-12-23)16-15(13-18)5-4-7-19-16/h4-5,7,14H,6,8-12H2,1-3H3,(H,20,24)/t14-/m1/s1. The first-order chi connectivity index (χ1) is 11.5. The van der Waals surface area contributed by atoms with Gasteiger partial charge in [0.15, 0.2) is 0 Å². The predicted molar refractivity (Wildman–Crippen MR) is 93.9 cm³/mol. The minimum Gasteiger partial charge on any atom is -0.352 e. The Morgan fingerprint density at radius 3 is 2.75 bits per heavy atom. The molecule has 0 radical (unpaired) electrons. The first-order valence-corrected chi connectivity index (χ1v) is 8.31. The Balaban J connectivity index is 1.84. The molecule has 0 aromatic carbocycles. The Bertz CT molecular complexity index is 589. The number of nitrogens with zero attached hydrogens (tertiary/aromatic N) is 5. The Hall–Kier alpha value is -2.33. The molecule has 0 saturated carbocycles. The van der Waals surface area contributed by atoms with Crippen LogP contribution in [0, 0.1) is 11.3 Å². The summed E-state index contributed by atoms with van der Waals surface area (Å²) in [6, 6.07) is 5.85. The third-order valence-electron chi connectivity index (χ3n) is 4.15. The summed E-state index contributed by atoms with van der Waals surface area (Å²) in [5.74, 6) is 0.708. The summed E-state index contributed by atoms with van der Waals surface area (Å²) in [5.41, 5.74) is 0.577. The molecule has 0 unspecified atom stereocenters. The van der Waals surface area contributed by atoms with E-state index in [4.69, 9.17) is 0 Å². The molecule has 0 bridgehead atoms. The maximum atomic E-state index is 12.3. The van der Waals surface area contributed by atoms with Gasteiger partial charge in [0.1, 0.15) is 11.9 Å². The van der Waals surface area contributed by atoms with Crippen molar-refractivity contribution in [1.82, 2.24) is 20.1 Å². The quantitative estimate of drug-likeness (QED) is 0.876. The number of hydrogen-bond acceptors (Lipinski definition) is 5. The number of rotatable bonds is 5. The molecule has 0 spiro atoms. The molecule has 1 aliphatic heterocycles. The van der Waals surface area contributed by atoms with Crippen molar-refractivity contribution in [2.24, 2.45) is 0 Å². The molecule has 2 rings (SSSR count). The smallest absolute Gasteiger partial charge is 0.317 e. The van der Waals surface area contributed by atoms with Gasteiger partial charge in [-0.2, -0.15) is 5.26 Å². The van der Waals surface area contributed by atoms with Crippen molar-refractivity contribution < 1.29 is 4.79 Å². The Labute approximate surface area is 143 Å². The SMILES string of the molecule is C[C@H](CCN(C)C)NC(=O)N1CCN(c2ncccc2C#N)CC1. The fourth-order valence-electron chi connectivity index (χ4n) is 2.68. The fraction of sp³-hybridized carbons (Fsp3) is 0.588. The van der Waals surface area contributed by atoms with E-state index in [9.17, 15) is 10.1 Å². The molecule has 24 heavy (non-hydrogen) atoms. The van der Waals surface area contributed by atoms with Gasteiger partial charge < -0.3 is 20.0 Å². The van der Waals surface area contributed by atoms with Crippen LogP contribution in [0.2, 0.25) is 0 Å². The van der Waals surface area contributed by atoms with Gasteiger partial charge in [-0.15, -0.1) is 0 Å². The number of pyridine rings is 1. The Morgan fingerprint density at radius 2 is 2.12 bits per heavy atom. The van der Waals surface area contributed by atoms with Gasteiger partial charge in [-0.1, -0.05) is 0 Å². The zero-order valence-electron chi connectivity index (χ0n) is 14.7. The first-order valence-electron chi connectivity index (χ1n) is 8.31. The van der Waals surface area contributed by atoms with Crippen LogP contribution in [0.3, 0.4) is 0 Å². The monoisotopic (exact) mass is 330 g/mol. The number of hydrogen-bond donors (Lipinski definition) is 1. The molecule has 0 aliphatic carbocycles. The molecule has 1 atom stereocenters. The van der Waals surface area contributed by atoms with E-state index in [2.05, 4.69) is 26.2 Å². The molecule has 130 valence electrons. The zero-order valence-corrected chi connectivity index (χ0v) is 14.7. The summed E-state index contributed by atoms with van der Waals surface area (Å²) in [6.07, 6.45) is 2.62. The highest BCUT2D eigenvalue weighted by Gasteiger charge is 2.23. The minimum atomic E-state index is -0.0116. The van der Waals surface area contributed by atoms with Crippen LogP contribution >= 0.6 is 0 Å². The number of nitriles is 1. The third-order valence-corrected chi connectivity index (χ3v) is 4.15. The van der Waals surface area contributed by atoms with Crippen LogP contribution in [-0.2, 0) is 0 Å². The number of aromatic nitrogens is 1. The Morgan fingerprint density at radius 1 is 1.42 bits per heavy atom. The molecule has 1 aliphatic rings. The maximum absolute atomic E-state index is 12.3. The highest BCUT2D eigenvalue weighted by Crippen LogP contribution is 2.18. The Kier molecular flexibility index (Phi) is 6.38. The summed E-state index contributed by atoms with van der Waals surface area (Å²) < 4.78 is 0. The topological polar surface area (TPSA) is 75.5 Å². The number of piperazine rings is 1. The second kappa shape index (κ2) is 8.50. The van der Waals surface area contributed by atoms with Crippen molar-refractivity contribution in [2.45, 2.75) is 19.4 Å². The third kappa shape index (κ3) is 4.83. The summed E-state index contributed by atoms with van der Waals surface area (Å²) in [7, 11) is 4.06. The number of anilines is 1. The molecule has 1 fully saturated rings. The second-order valence-corrected chi connectivity index (χ2v) is 6.40. The van der Waals surface area contributed by atoms with Gasteiger partial charge >= 0.3 is 6.03 Å². The van der Waals surface area contributed by atoms with E-state index in [1.54, 1.807) is 18.3 Å². The fourth-order valence-corrected chi connectivity index (χ4v) is 2.68. The molecule has 2 amide bonds. The number of carbonyl (C=O) groups excluding carboxylic acids is 1. The van der Waals surface area contributed by atoms with E-state index in [-0.39, 0.29) is 12.1 Å². The van der Waals surface area contributed by atoms with E-state index in [0.29, 0.717) is 37.6 Å². The van der Waals surface area contributed by atoms with Crippen molar-refractivity contribution in [3.05, 3.63) is 23.9 Å². The van der Waals surface area contributed by atoms with Crippen LogP contribution in [0.4, 0.5) is 10.6 Å². The van der Waals surface area contributed by atoms with Gasteiger partial charge in [0.05, 0.1) is 5.56 Å². The van der Waals surface area contributed by atoms with Gasteiger partial charge in [-0.05, 0) is 46.1 Å². The molecule has 1 aromatic heterocycles. The van der Waals surface area contributed by atoms with Crippen LogP contribution in [0.1, 0.15) is 18.9 Å². The van der Waals surface area contributed by atoms with Crippen LogP contribution in [0.15, 0.2) is 18.3 Å². The normalized spacial score (nSPS) is 16.0. The molecular weight excluding hydrogens is 304 g/mol. The number of urea groups is 1. The first kappa shape index (κ1) is 18.0. The molecule has 1 aromatic rings. The van der Waals surface area contributed by atoms with Crippen molar-refractivity contribution in [3.63, 3.8) is 0 Å². The summed E-state index contributed by atoms with van der Waals surface area (Å²) >= 11 is 0. The van der Waals surface area contributed by atoms with E-state index >= 15 is 0 Å². The number of nitrogens with one attached hydrogen (secondary N) is 1. The lowest BCUT2D eigenvalue weighted by molar-refractivity contribution is 0.189. The average molecular weight is 330 g/mol. The van der Waals surface area contributed by atoms with Crippen LogP contribution in [0.5, 0.6) is 0 Å². The van der Waals surface area contributed by atoms with Crippen molar-refractivity contribution in [3.8, 4) is 6.07 Å².